The van der Waals surface area contributed by atoms with Gasteiger partial charge in [-0.05, 0) is 12.8 Å². The standard InChI is InChI=1S/C57H114NO8P/c1-6-8-10-12-14-16-18-20-22-24-26-28-29-30-32-34-36-38-40-42-44-46-48-50-57(60)66-55(54-65-67(61,62)64-52-51-58(3,4)5)53-63-56(59)49-47-45-43-41-39-37-35-33-31-27-25-23-21-19-17-15-13-11-9-7-2/h55H,6-54H2,1-5H3/p+1/t55-/m1/s1. The molecule has 0 saturated heterocycles. The van der Waals surface area contributed by atoms with Crippen LogP contribution in [0.1, 0.15) is 303 Å². The molecule has 0 radical (unpaired) electrons. The highest BCUT2D eigenvalue weighted by Crippen LogP contribution is 2.43. The monoisotopic (exact) mass is 973 g/mol. The van der Waals surface area contributed by atoms with Crippen LogP contribution in [0.15, 0.2) is 0 Å². The van der Waals surface area contributed by atoms with Crippen LogP contribution >= 0.6 is 7.82 Å². The van der Waals surface area contributed by atoms with Gasteiger partial charge >= 0.3 is 19.8 Å². The van der Waals surface area contributed by atoms with E-state index in [9.17, 15) is 19.0 Å². The van der Waals surface area contributed by atoms with Crippen molar-refractivity contribution in [1.29, 1.82) is 0 Å². The van der Waals surface area contributed by atoms with E-state index in [4.69, 9.17) is 18.5 Å². The Hall–Kier alpha value is -0.990. The number of ether oxygens (including phenoxy) is 2. The number of unbranched alkanes of at least 4 members (excludes halogenated alkanes) is 41. The van der Waals surface area contributed by atoms with Crippen LogP contribution in [-0.4, -0.2) is 74.9 Å². The molecule has 0 saturated carbocycles. The Bertz CT molecular complexity index is 1100. The number of hydrogen-bond acceptors (Lipinski definition) is 7. The van der Waals surface area contributed by atoms with Gasteiger partial charge in [0.15, 0.2) is 6.10 Å². The molecule has 0 spiro atoms. The third kappa shape index (κ3) is 54.2. The molecule has 2 atom stereocenters. The quantitative estimate of drug-likeness (QED) is 0.0278. The first-order chi connectivity index (χ1) is 32.5. The summed E-state index contributed by atoms with van der Waals surface area (Å²) < 4.78 is 34.6. The van der Waals surface area contributed by atoms with Gasteiger partial charge in [-0.15, -0.1) is 0 Å². The lowest BCUT2D eigenvalue weighted by molar-refractivity contribution is -0.870. The minimum atomic E-state index is -4.38. The number of nitrogens with zero attached hydrogens (tertiary/aromatic N) is 1. The van der Waals surface area contributed by atoms with E-state index in [0.29, 0.717) is 17.4 Å². The minimum absolute atomic E-state index is 0.0374. The average molecular weight is 974 g/mol. The van der Waals surface area contributed by atoms with Crippen molar-refractivity contribution in [1.82, 2.24) is 0 Å². The number of carbonyl (C=O) groups is 2. The highest BCUT2D eigenvalue weighted by atomic mass is 31.2. The molecule has 0 aliphatic carbocycles. The second kappa shape index (κ2) is 50.0. The van der Waals surface area contributed by atoms with Crippen LogP contribution in [0.5, 0.6) is 0 Å². The summed E-state index contributed by atoms with van der Waals surface area (Å²) in [6.07, 6.45) is 56.0. The predicted octanol–water partition coefficient (Wildman–Crippen LogP) is 17.9. The van der Waals surface area contributed by atoms with Gasteiger partial charge in [0.05, 0.1) is 27.7 Å². The second-order valence-electron chi connectivity index (χ2n) is 21.4. The van der Waals surface area contributed by atoms with E-state index in [-0.39, 0.29) is 25.6 Å². The van der Waals surface area contributed by atoms with Gasteiger partial charge in [0.1, 0.15) is 19.8 Å². The van der Waals surface area contributed by atoms with E-state index < -0.39 is 26.5 Å². The molecule has 0 aromatic heterocycles. The van der Waals surface area contributed by atoms with Crippen molar-refractivity contribution in [2.24, 2.45) is 0 Å². The van der Waals surface area contributed by atoms with Crippen LogP contribution in [0.4, 0.5) is 0 Å². The summed E-state index contributed by atoms with van der Waals surface area (Å²) in [4.78, 5) is 35.7. The Morgan fingerprint density at radius 1 is 0.403 bits per heavy atom. The Morgan fingerprint density at radius 2 is 0.672 bits per heavy atom. The van der Waals surface area contributed by atoms with Gasteiger partial charge in [-0.25, -0.2) is 4.57 Å². The summed E-state index contributed by atoms with van der Waals surface area (Å²) in [7, 11) is 1.50. The van der Waals surface area contributed by atoms with Crippen LogP contribution in [0.2, 0.25) is 0 Å². The summed E-state index contributed by atoms with van der Waals surface area (Å²) in [5, 5.41) is 0. The maximum absolute atomic E-state index is 12.8. The highest BCUT2D eigenvalue weighted by Gasteiger charge is 2.27. The van der Waals surface area contributed by atoms with Crippen molar-refractivity contribution < 1.29 is 42.1 Å². The average Bonchev–Trinajstić information content (AvgIpc) is 3.29. The number of quaternary nitrogens is 1. The largest absolute Gasteiger partial charge is 0.472 e. The molecular weight excluding hydrogens is 858 g/mol. The SMILES string of the molecule is CCCCCCCCCCCCCCCCCCCCCCCCCC(=O)O[C@H](COC(=O)CCCCCCCCCCCCCCCCCCCCCC)COP(=O)(O)OCC[N+](C)(C)C. The zero-order valence-electron chi connectivity index (χ0n) is 45.4. The molecule has 10 heteroatoms. The zero-order valence-corrected chi connectivity index (χ0v) is 46.3. The van der Waals surface area contributed by atoms with Crippen molar-refractivity contribution in [3.8, 4) is 0 Å². The minimum Gasteiger partial charge on any atom is -0.462 e. The number of phosphoric acid groups is 1. The number of esters is 2. The van der Waals surface area contributed by atoms with Gasteiger partial charge in [-0.3, -0.25) is 18.6 Å². The lowest BCUT2D eigenvalue weighted by atomic mass is 10.0. The Labute approximate surface area is 416 Å². The van der Waals surface area contributed by atoms with E-state index in [1.807, 2.05) is 21.1 Å². The first-order valence-corrected chi connectivity index (χ1v) is 30.8. The first-order valence-electron chi connectivity index (χ1n) is 29.3. The van der Waals surface area contributed by atoms with Gasteiger partial charge in [0, 0.05) is 12.8 Å². The zero-order chi connectivity index (χ0) is 49.2. The smallest absolute Gasteiger partial charge is 0.462 e. The molecule has 0 bridgehead atoms. The fourth-order valence-corrected chi connectivity index (χ4v) is 9.58. The Morgan fingerprint density at radius 3 is 0.955 bits per heavy atom. The molecule has 0 aliphatic rings. The Kier molecular flexibility index (Phi) is 49.2. The first kappa shape index (κ1) is 66.0. The topological polar surface area (TPSA) is 108 Å². The van der Waals surface area contributed by atoms with Crippen LogP contribution in [0.3, 0.4) is 0 Å². The number of phosphoric ester groups is 1. The normalized spacial score (nSPS) is 13.2. The second-order valence-corrected chi connectivity index (χ2v) is 22.9. The summed E-state index contributed by atoms with van der Waals surface area (Å²) in [6, 6.07) is 0. The van der Waals surface area contributed by atoms with Crippen molar-refractivity contribution in [3.05, 3.63) is 0 Å². The third-order valence-corrected chi connectivity index (χ3v) is 14.4. The molecule has 400 valence electrons. The molecule has 9 nitrogen and oxygen atoms in total. The van der Waals surface area contributed by atoms with E-state index in [1.54, 1.807) is 0 Å². The maximum atomic E-state index is 12.8. The fraction of sp³-hybridized carbons (Fsp3) is 0.965. The molecule has 67 heavy (non-hydrogen) atoms. The predicted molar refractivity (Wildman–Crippen MR) is 285 cm³/mol. The van der Waals surface area contributed by atoms with Gasteiger partial charge in [0.2, 0.25) is 0 Å². The van der Waals surface area contributed by atoms with Crippen LogP contribution in [0.25, 0.3) is 0 Å². The van der Waals surface area contributed by atoms with Gasteiger partial charge < -0.3 is 18.9 Å². The highest BCUT2D eigenvalue weighted by molar-refractivity contribution is 7.47. The lowest BCUT2D eigenvalue weighted by Gasteiger charge is -2.24. The molecular formula is C57H115NO8P+. The molecule has 0 aliphatic heterocycles. The summed E-state index contributed by atoms with van der Waals surface area (Å²) in [5.41, 5.74) is 0. The summed E-state index contributed by atoms with van der Waals surface area (Å²) in [5.74, 6) is -0.773. The van der Waals surface area contributed by atoms with E-state index in [2.05, 4.69) is 13.8 Å². The van der Waals surface area contributed by atoms with E-state index >= 15 is 0 Å². The third-order valence-electron chi connectivity index (χ3n) is 13.4. The molecule has 0 aromatic rings. The molecule has 0 aromatic carbocycles. The Balaban J connectivity index is 4.10. The van der Waals surface area contributed by atoms with Gasteiger partial charge in [-0.1, -0.05) is 277 Å². The molecule has 1 N–H and O–H groups in total. The molecule has 0 rings (SSSR count). The number of rotatable bonds is 55. The molecule has 0 fully saturated rings. The summed E-state index contributed by atoms with van der Waals surface area (Å²) >= 11 is 0. The fourth-order valence-electron chi connectivity index (χ4n) is 8.84. The van der Waals surface area contributed by atoms with Crippen molar-refractivity contribution in [2.75, 3.05) is 47.5 Å². The number of carbonyl (C=O) groups excluding carboxylic acids is 2. The van der Waals surface area contributed by atoms with Crippen molar-refractivity contribution >= 4 is 19.8 Å². The van der Waals surface area contributed by atoms with Crippen LogP contribution in [-0.2, 0) is 32.7 Å². The maximum Gasteiger partial charge on any atom is 0.472 e. The van der Waals surface area contributed by atoms with Crippen molar-refractivity contribution in [2.45, 2.75) is 309 Å². The van der Waals surface area contributed by atoms with Gasteiger partial charge in [0.25, 0.3) is 0 Å². The van der Waals surface area contributed by atoms with Crippen LogP contribution < -0.4 is 0 Å². The van der Waals surface area contributed by atoms with Crippen LogP contribution in [0, 0.1) is 0 Å². The van der Waals surface area contributed by atoms with Gasteiger partial charge in [-0.2, -0.15) is 0 Å². The van der Waals surface area contributed by atoms with E-state index in [1.165, 1.54) is 238 Å². The summed E-state index contributed by atoms with van der Waals surface area (Å²) in [6.45, 7) is 4.51. The lowest BCUT2D eigenvalue weighted by Crippen LogP contribution is -2.37. The molecule has 0 amide bonds. The molecule has 0 heterocycles. The van der Waals surface area contributed by atoms with E-state index in [0.717, 1.165) is 38.5 Å². The molecule has 1 unspecified atom stereocenters. The number of hydrogen-bond donors (Lipinski definition) is 1. The van der Waals surface area contributed by atoms with Crippen molar-refractivity contribution in [3.63, 3.8) is 0 Å². The number of likely N-dealkylation sites (N-methyl/N-ethyl adjacent to an activating group) is 1.